The molecule has 0 saturated carbocycles. The molecule has 9 heteroatoms. The van der Waals surface area contributed by atoms with Crippen LogP contribution in [0.4, 0.5) is 9.18 Å². The number of benzene rings is 3. The topological polar surface area (TPSA) is 111 Å². The van der Waals surface area contributed by atoms with Crippen LogP contribution in [0.1, 0.15) is 42.8 Å². The van der Waals surface area contributed by atoms with E-state index >= 15 is 0 Å². The highest BCUT2D eigenvalue weighted by atomic mass is 19.1. The van der Waals surface area contributed by atoms with Gasteiger partial charge in [-0.2, -0.15) is 0 Å². The number of ether oxygens (including phenoxy) is 2. The molecule has 41 heavy (non-hydrogen) atoms. The summed E-state index contributed by atoms with van der Waals surface area (Å²) in [6.07, 6.45) is 0.0137. The van der Waals surface area contributed by atoms with Gasteiger partial charge in [-0.15, -0.1) is 0 Å². The molecule has 214 valence electrons. The van der Waals surface area contributed by atoms with Gasteiger partial charge in [-0.25, -0.2) is 14.2 Å². The summed E-state index contributed by atoms with van der Waals surface area (Å²) in [7, 11) is 0. The Morgan fingerprint density at radius 2 is 1.73 bits per heavy atom. The van der Waals surface area contributed by atoms with E-state index in [-0.39, 0.29) is 24.9 Å². The number of aliphatic carboxylic acids is 1. The smallest absolute Gasteiger partial charge is 0.407 e. The zero-order valence-corrected chi connectivity index (χ0v) is 23.3. The van der Waals surface area contributed by atoms with E-state index in [1.165, 1.54) is 12.1 Å². The maximum Gasteiger partial charge on any atom is 0.407 e. The Labute approximate surface area is 238 Å². The molecule has 0 saturated heterocycles. The van der Waals surface area contributed by atoms with Crippen LogP contribution in [0, 0.1) is 12.7 Å². The number of hydrogen-bond donors (Lipinski definition) is 2. The van der Waals surface area contributed by atoms with Crippen LogP contribution in [-0.4, -0.2) is 34.9 Å². The van der Waals surface area contributed by atoms with Gasteiger partial charge >= 0.3 is 12.1 Å². The number of aromatic nitrogens is 1. The van der Waals surface area contributed by atoms with Gasteiger partial charge in [0.2, 0.25) is 5.89 Å². The lowest BCUT2D eigenvalue weighted by atomic mass is 10.0. The van der Waals surface area contributed by atoms with Crippen LogP contribution >= 0.6 is 0 Å². The number of carbonyl (C=O) groups is 2. The van der Waals surface area contributed by atoms with Gasteiger partial charge in [0.15, 0.2) is 0 Å². The van der Waals surface area contributed by atoms with E-state index in [4.69, 9.17) is 19.0 Å². The average molecular weight is 561 g/mol. The van der Waals surface area contributed by atoms with E-state index in [1.807, 2.05) is 43.3 Å². The lowest BCUT2D eigenvalue weighted by molar-refractivity contribution is -0.136. The lowest BCUT2D eigenvalue weighted by Gasteiger charge is -2.14. The molecule has 0 aliphatic carbocycles. The second kappa shape index (κ2) is 13.6. The molecule has 2 N–H and O–H groups in total. The summed E-state index contributed by atoms with van der Waals surface area (Å²) in [5.74, 6) is 0.596. The SMILES string of the molecule is Cc1oc(-c2ccc(-c3cccc(F)c3)cc2)nc1CCOc1ccc(CCC(=O)O)c(CNC(=O)OC(C)C)c1. The van der Waals surface area contributed by atoms with Crippen LogP contribution in [0.3, 0.4) is 0 Å². The molecule has 0 atom stereocenters. The van der Waals surface area contributed by atoms with Crippen LogP contribution in [0.2, 0.25) is 0 Å². The van der Waals surface area contributed by atoms with Crippen molar-refractivity contribution in [3.05, 3.63) is 95.1 Å². The van der Waals surface area contributed by atoms with Gasteiger partial charge in [-0.1, -0.05) is 30.3 Å². The van der Waals surface area contributed by atoms with Crippen LogP contribution in [0.15, 0.2) is 71.1 Å². The molecule has 0 bridgehead atoms. The Bertz CT molecular complexity index is 1500. The molecule has 0 unspecified atom stereocenters. The molecular weight excluding hydrogens is 527 g/mol. The quantitative estimate of drug-likeness (QED) is 0.198. The Morgan fingerprint density at radius 3 is 2.44 bits per heavy atom. The van der Waals surface area contributed by atoms with Crippen molar-refractivity contribution in [3.8, 4) is 28.3 Å². The number of amides is 1. The molecular formula is C32H33FN2O6. The Morgan fingerprint density at radius 1 is 0.976 bits per heavy atom. The number of rotatable bonds is 12. The molecule has 0 radical (unpaired) electrons. The van der Waals surface area contributed by atoms with Crippen molar-refractivity contribution in [2.24, 2.45) is 0 Å². The summed E-state index contributed by atoms with van der Waals surface area (Å²) >= 11 is 0. The van der Waals surface area contributed by atoms with Crippen molar-refractivity contribution in [2.75, 3.05) is 6.61 Å². The van der Waals surface area contributed by atoms with Crippen molar-refractivity contribution < 1.29 is 33.0 Å². The summed E-state index contributed by atoms with van der Waals surface area (Å²) in [5, 5.41) is 11.8. The van der Waals surface area contributed by atoms with Gasteiger partial charge in [0.05, 0.1) is 18.4 Å². The van der Waals surface area contributed by atoms with E-state index in [0.717, 1.165) is 33.5 Å². The second-order valence-electron chi connectivity index (χ2n) is 9.84. The molecule has 1 aromatic heterocycles. The third-order valence-corrected chi connectivity index (χ3v) is 6.34. The number of alkyl carbamates (subject to hydrolysis) is 1. The Hall–Kier alpha value is -4.66. The van der Waals surface area contributed by atoms with E-state index in [2.05, 4.69) is 10.3 Å². The summed E-state index contributed by atoms with van der Waals surface area (Å²) in [5.41, 5.74) is 4.83. The van der Waals surface area contributed by atoms with Crippen molar-refractivity contribution in [3.63, 3.8) is 0 Å². The van der Waals surface area contributed by atoms with Crippen LogP contribution in [-0.2, 0) is 28.9 Å². The summed E-state index contributed by atoms with van der Waals surface area (Å²) in [6.45, 7) is 5.89. The third kappa shape index (κ3) is 8.41. The average Bonchev–Trinajstić information content (AvgIpc) is 3.31. The second-order valence-corrected chi connectivity index (χ2v) is 9.84. The van der Waals surface area contributed by atoms with Crippen LogP contribution in [0.5, 0.6) is 5.75 Å². The van der Waals surface area contributed by atoms with Gasteiger partial charge in [-0.3, -0.25) is 4.79 Å². The van der Waals surface area contributed by atoms with Crippen molar-refractivity contribution >= 4 is 12.1 Å². The largest absolute Gasteiger partial charge is 0.493 e. The van der Waals surface area contributed by atoms with Gasteiger partial charge in [-0.05, 0) is 85.8 Å². The number of nitrogens with zero attached hydrogens (tertiary/aromatic N) is 1. The first-order chi connectivity index (χ1) is 19.7. The number of carboxylic acid groups (broad SMARTS) is 1. The Kier molecular flexibility index (Phi) is 9.73. The molecule has 0 aliphatic heterocycles. The molecule has 0 aliphatic rings. The summed E-state index contributed by atoms with van der Waals surface area (Å²) < 4.78 is 30.6. The highest BCUT2D eigenvalue weighted by Crippen LogP contribution is 2.27. The molecule has 3 aromatic carbocycles. The number of carboxylic acids is 1. The fraction of sp³-hybridized carbons (Fsp3) is 0.281. The molecule has 1 amide bonds. The van der Waals surface area contributed by atoms with E-state index in [1.54, 1.807) is 32.0 Å². The van der Waals surface area contributed by atoms with Crippen LogP contribution in [0.25, 0.3) is 22.6 Å². The van der Waals surface area contributed by atoms with Crippen LogP contribution < -0.4 is 10.1 Å². The zero-order chi connectivity index (χ0) is 29.4. The van der Waals surface area contributed by atoms with Gasteiger partial charge in [0, 0.05) is 24.9 Å². The first kappa shape index (κ1) is 29.3. The highest BCUT2D eigenvalue weighted by Gasteiger charge is 2.14. The normalized spacial score (nSPS) is 11.0. The monoisotopic (exact) mass is 560 g/mol. The molecule has 0 fully saturated rings. The van der Waals surface area contributed by atoms with E-state index < -0.39 is 12.1 Å². The number of hydrogen-bond acceptors (Lipinski definition) is 6. The number of nitrogens with one attached hydrogen (secondary N) is 1. The fourth-order valence-corrected chi connectivity index (χ4v) is 4.29. The molecule has 4 aromatic rings. The molecule has 1 heterocycles. The maximum absolute atomic E-state index is 13.6. The van der Waals surface area contributed by atoms with Gasteiger partial charge in [0.1, 0.15) is 17.3 Å². The lowest BCUT2D eigenvalue weighted by Crippen LogP contribution is -2.26. The van der Waals surface area contributed by atoms with Crippen molar-refractivity contribution in [2.45, 2.75) is 52.7 Å². The van der Waals surface area contributed by atoms with E-state index in [9.17, 15) is 14.0 Å². The fourth-order valence-electron chi connectivity index (χ4n) is 4.29. The van der Waals surface area contributed by atoms with E-state index in [0.29, 0.717) is 36.8 Å². The molecule has 8 nitrogen and oxygen atoms in total. The summed E-state index contributed by atoms with van der Waals surface area (Å²) in [6, 6.07) is 19.4. The van der Waals surface area contributed by atoms with Crippen molar-refractivity contribution in [1.82, 2.24) is 10.3 Å². The van der Waals surface area contributed by atoms with Gasteiger partial charge in [0.25, 0.3) is 0 Å². The predicted octanol–water partition coefficient (Wildman–Crippen LogP) is 6.73. The maximum atomic E-state index is 13.6. The van der Waals surface area contributed by atoms with Crippen molar-refractivity contribution in [1.29, 1.82) is 0 Å². The molecule has 0 spiro atoms. The minimum absolute atomic E-state index is 0.0229. The minimum atomic E-state index is -0.895. The number of aryl methyl sites for hydroxylation is 2. The standard InChI is InChI=1S/C32H33FN2O6/c1-20(2)40-32(38)34-19-26-18-28(13-11-23(26)12-14-30(36)37)39-16-15-29-21(3)41-31(35-29)24-9-7-22(8-10-24)25-5-4-6-27(33)17-25/h4-11,13,17-18,20H,12,14-16,19H2,1-3H3,(H,34,38)(H,36,37). The number of halogens is 1. The minimum Gasteiger partial charge on any atom is -0.493 e. The van der Waals surface area contributed by atoms with Gasteiger partial charge < -0.3 is 24.3 Å². The number of carbonyl (C=O) groups excluding carboxylic acids is 1. The summed E-state index contributed by atoms with van der Waals surface area (Å²) in [4.78, 5) is 27.7. The first-order valence-electron chi connectivity index (χ1n) is 13.4. The predicted molar refractivity (Wildman–Crippen MR) is 152 cm³/mol. The first-order valence-corrected chi connectivity index (χ1v) is 13.4. The molecule has 4 rings (SSSR count). The third-order valence-electron chi connectivity index (χ3n) is 6.34. The number of oxazole rings is 1. The zero-order valence-electron chi connectivity index (χ0n) is 23.3. The Balaban J connectivity index is 1.39. The highest BCUT2D eigenvalue weighted by molar-refractivity contribution is 5.69.